The van der Waals surface area contributed by atoms with Crippen molar-refractivity contribution in [3.8, 4) is 5.75 Å². The molecular weight excluding hydrogens is 399 g/mol. The number of rotatable bonds is 2. The maximum Gasteiger partial charge on any atom is 0.259 e. The van der Waals surface area contributed by atoms with Crippen molar-refractivity contribution >= 4 is 17.3 Å². The summed E-state index contributed by atoms with van der Waals surface area (Å²) in [5.41, 5.74) is 3.09. The van der Waals surface area contributed by atoms with Gasteiger partial charge < -0.3 is 9.64 Å². The average molecular weight is 422 g/mol. The highest BCUT2D eigenvalue weighted by Crippen LogP contribution is 2.34. The smallest absolute Gasteiger partial charge is 0.259 e. The summed E-state index contributed by atoms with van der Waals surface area (Å²) >= 11 is 0. The van der Waals surface area contributed by atoms with E-state index in [1.807, 2.05) is 19.9 Å². The molecule has 0 N–H and O–H groups in total. The van der Waals surface area contributed by atoms with Gasteiger partial charge in [-0.15, -0.1) is 0 Å². The molecule has 1 amide bonds. The Morgan fingerprint density at radius 3 is 2.94 bits per heavy atom. The number of halogens is 1. The van der Waals surface area contributed by atoms with Crippen molar-refractivity contribution in [2.45, 2.75) is 39.2 Å². The molecule has 1 fully saturated rings. The van der Waals surface area contributed by atoms with Gasteiger partial charge in [-0.25, -0.2) is 13.9 Å². The summed E-state index contributed by atoms with van der Waals surface area (Å²) in [5.74, 6) is -0.230. The molecule has 8 heteroatoms. The molecule has 2 aliphatic rings. The Morgan fingerprint density at radius 2 is 2.10 bits per heavy atom. The zero-order valence-corrected chi connectivity index (χ0v) is 17.5. The second-order valence-corrected chi connectivity index (χ2v) is 8.41. The molecule has 160 valence electrons. The predicted molar refractivity (Wildman–Crippen MR) is 111 cm³/mol. The van der Waals surface area contributed by atoms with Gasteiger partial charge in [0.05, 0.1) is 11.8 Å². The van der Waals surface area contributed by atoms with Gasteiger partial charge in [0.25, 0.3) is 5.91 Å². The van der Waals surface area contributed by atoms with Crippen LogP contribution < -0.4 is 4.74 Å². The molecule has 1 saturated heterocycles. The molecule has 31 heavy (non-hydrogen) atoms. The topological polar surface area (TPSA) is 76.8 Å². The highest BCUT2D eigenvalue weighted by Gasteiger charge is 2.36. The first-order valence-electron chi connectivity index (χ1n) is 10.5. The number of likely N-dealkylation sites (tertiary alicyclic amines) is 1. The zero-order chi connectivity index (χ0) is 21.7. The maximum atomic E-state index is 13.5. The van der Waals surface area contributed by atoms with Crippen molar-refractivity contribution in [2.24, 2.45) is 5.92 Å². The molecule has 4 heterocycles. The van der Waals surface area contributed by atoms with Crippen LogP contribution in [-0.4, -0.2) is 50.4 Å². The summed E-state index contributed by atoms with van der Waals surface area (Å²) in [4.78, 5) is 32.2. The van der Waals surface area contributed by atoms with Crippen LogP contribution in [0.4, 0.5) is 4.39 Å². The molecule has 5 rings (SSSR count). The van der Waals surface area contributed by atoms with E-state index in [0.717, 1.165) is 24.2 Å². The number of aryl methyl sites for hydroxylation is 2. The number of aromatic nitrogens is 3. The number of benzene rings is 1. The van der Waals surface area contributed by atoms with Crippen LogP contribution in [0.3, 0.4) is 0 Å². The number of Topliss-reactive ketones (excluding diaryl/α,β-unsaturated/α-hetero) is 1. The fraction of sp³-hybridized carbons (Fsp3) is 0.391. The van der Waals surface area contributed by atoms with Gasteiger partial charge in [-0.1, -0.05) is 0 Å². The Labute approximate surface area is 178 Å². The fourth-order valence-electron chi connectivity index (χ4n) is 4.67. The van der Waals surface area contributed by atoms with Crippen LogP contribution in [0.2, 0.25) is 0 Å². The van der Waals surface area contributed by atoms with Gasteiger partial charge >= 0.3 is 0 Å². The number of hydrogen-bond donors (Lipinski definition) is 0. The third-order valence-electron chi connectivity index (χ3n) is 6.19. The molecular formula is C23H23FN4O3. The summed E-state index contributed by atoms with van der Waals surface area (Å²) in [7, 11) is 0. The van der Waals surface area contributed by atoms with Crippen LogP contribution in [0.15, 0.2) is 30.5 Å². The number of nitrogens with zero attached hydrogens (tertiary/aromatic N) is 4. The molecule has 0 spiro atoms. The molecule has 0 aliphatic carbocycles. The van der Waals surface area contributed by atoms with E-state index in [9.17, 15) is 14.0 Å². The lowest BCUT2D eigenvalue weighted by molar-refractivity contribution is 0.0409. The first-order chi connectivity index (χ1) is 14.9. The van der Waals surface area contributed by atoms with Crippen LogP contribution in [0, 0.1) is 25.6 Å². The molecule has 0 unspecified atom stereocenters. The molecule has 2 atom stereocenters. The number of fused-ring (bicyclic) bond motifs is 2. The van der Waals surface area contributed by atoms with Crippen molar-refractivity contribution in [2.75, 3.05) is 13.1 Å². The molecule has 0 saturated carbocycles. The van der Waals surface area contributed by atoms with E-state index in [4.69, 9.17) is 4.74 Å². The molecule has 2 aliphatic heterocycles. The van der Waals surface area contributed by atoms with Gasteiger partial charge in [-0.2, -0.15) is 5.10 Å². The summed E-state index contributed by atoms with van der Waals surface area (Å²) < 4.78 is 21.2. The molecule has 0 radical (unpaired) electrons. The minimum Gasteiger partial charge on any atom is -0.489 e. The third kappa shape index (κ3) is 3.45. The highest BCUT2D eigenvalue weighted by molar-refractivity contribution is 6.00. The number of carbonyl (C=O) groups is 2. The minimum absolute atomic E-state index is 0.0260. The highest BCUT2D eigenvalue weighted by atomic mass is 19.1. The number of piperidine rings is 1. The Hall–Kier alpha value is -3.29. The largest absolute Gasteiger partial charge is 0.489 e. The summed E-state index contributed by atoms with van der Waals surface area (Å²) in [5, 5.41) is 4.33. The van der Waals surface area contributed by atoms with E-state index in [2.05, 4.69) is 10.1 Å². The van der Waals surface area contributed by atoms with E-state index in [-0.39, 0.29) is 30.1 Å². The van der Waals surface area contributed by atoms with Crippen LogP contribution in [0.5, 0.6) is 5.75 Å². The minimum atomic E-state index is -0.448. The number of ketones is 1. The Balaban J connectivity index is 1.37. The van der Waals surface area contributed by atoms with Gasteiger partial charge in [0.1, 0.15) is 23.2 Å². The monoisotopic (exact) mass is 422 g/mol. The van der Waals surface area contributed by atoms with E-state index in [1.54, 1.807) is 15.6 Å². The second-order valence-electron chi connectivity index (χ2n) is 8.41. The van der Waals surface area contributed by atoms with Crippen LogP contribution >= 0.6 is 0 Å². The lowest BCUT2D eigenvalue weighted by atomic mass is 9.86. The quantitative estimate of drug-likeness (QED) is 0.633. The van der Waals surface area contributed by atoms with Gasteiger partial charge in [0.15, 0.2) is 11.4 Å². The van der Waals surface area contributed by atoms with Crippen LogP contribution in [-0.2, 0) is 0 Å². The van der Waals surface area contributed by atoms with Gasteiger partial charge in [0, 0.05) is 36.8 Å². The second kappa shape index (κ2) is 7.44. The van der Waals surface area contributed by atoms with Crippen molar-refractivity contribution in [1.29, 1.82) is 0 Å². The van der Waals surface area contributed by atoms with E-state index < -0.39 is 5.82 Å². The summed E-state index contributed by atoms with van der Waals surface area (Å²) in [6.45, 7) is 4.96. The summed E-state index contributed by atoms with van der Waals surface area (Å²) in [6, 6.07) is 5.96. The molecule has 3 aromatic rings. The Morgan fingerprint density at radius 1 is 1.26 bits per heavy atom. The summed E-state index contributed by atoms with van der Waals surface area (Å²) in [6.07, 6.45) is 3.13. The lowest BCUT2D eigenvalue weighted by Gasteiger charge is -2.38. The van der Waals surface area contributed by atoms with Gasteiger partial charge in [0.2, 0.25) is 0 Å². The lowest BCUT2D eigenvalue weighted by Crippen LogP contribution is -2.46. The zero-order valence-electron chi connectivity index (χ0n) is 17.5. The molecule has 7 nitrogen and oxygen atoms in total. The number of carbonyl (C=O) groups excluding carboxylic acids is 2. The normalized spacial score (nSPS) is 21.1. The van der Waals surface area contributed by atoms with Gasteiger partial charge in [-0.3, -0.25) is 9.59 Å². The third-order valence-corrected chi connectivity index (χ3v) is 6.19. The Kier molecular flexibility index (Phi) is 4.72. The maximum absolute atomic E-state index is 13.5. The first kappa shape index (κ1) is 19.7. The predicted octanol–water partition coefficient (Wildman–Crippen LogP) is 3.37. The molecule has 0 bridgehead atoms. The SMILES string of the molecule is Cc1cc(C)n2ncc(C(=O)N3CCC[C@@H]([C@H]4CC(=O)c5cc(F)ccc5O4)C3)c2n1. The standard InChI is InChI=1S/C23H23FN4O3/c1-13-8-14(2)28-22(26-13)18(11-25-28)23(30)27-7-3-4-15(12-27)21-10-19(29)17-9-16(24)5-6-20(17)31-21/h5-6,8-9,11,15,21H,3-4,7,10,12H2,1-2H3/t15-,21-/m1/s1. The first-order valence-corrected chi connectivity index (χ1v) is 10.5. The Bertz CT molecular complexity index is 1200. The molecule has 1 aromatic carbocycles. The molecule has 2 aromatic heterocycles. The van der Waals surface area contributed by atoms with Crippen molar-refractivity contribution in [1.82, 2.24) is 19.5 Å². The fourth-order valence-corrected chi connectivity index (χ4v) is 4.67. The average Bonchev–Trinajstić information content (AvgIpc) is 3.18. The van der Waals surface area contributed by atoms with Gasteiger partial charge in [-0.05, 0) is 51.0 Å². The van der Waals surface area contributed by atoms with E-state index >= 15 is 0 Å². The van der Waals surface area contributed by atoms with Crippen LogP contribution in [0.25, 0.3) is 5.65 Å². The van der Waals surface area contributed by atoms with E-state index in [1.165, 1.54) is 18.2 Å². The van der Waals surface area contributed by atoms with Crippen molar-refractivity contribution in [3.63, 3.8) is 0 Å². The number of ether oxygens (including phenoxy) is 1. The van der Waals surface area contributed by atoms with Crippen LogP contribution in [0.1, 0.15) is 51.4 Å². The number of hydrogen-bond acceptors (Lipinski definition) is 5. The number of amides is 1. The van der Waals surface area contributed by atoms with Crippen molar-refractivity contribution < 1.29 is 18.7 Å². The van der Waals surface area contributed by atoms with Crippen molar-refractivity contribution in [3.05, 3.63) is 58.8 Å². The van der Waals surface area contributed by atoms with E-state index in [0.29, 0.717) is 35.6 Å².